The molecule has 130 valence electrons. The smallest absolute Gasteiger partial charge is 0.326 e. The first kappa shape index (κ1) is 18.2. The maximum atomic E-state index is 12.3. The highest BCUT2D eigenvalue weighted by atomic mass is 16.5. The highest BCUT2D eigenvalue weighted by molar-refractivity contribution is 5.98. The number of carbonyl (C=O) groups is 3. The Morgan fingerprint density at radius 3 is 2.16 bits per heavy atom. The third kappa shape index (κ3) is 5.17. The van der Waals surface area contributed by atoms with Gasteiger partial charge >= 0.3 is 5.97 Å². The monoisotopic (exact) mass is 340 g/mol. The molecular formula is C19H20N2O4. The van der Waals surface area contributed by atoms with Crippen molar-refractivity contribution in [2.45, 2.75) is 13.0 Å². The van der Waals surface area contributed by atoms with Gasteiger partial charge in [0.05, 0.1) is 0 Å². The summed E-state index contributed by atoms with van der Waals surface area (Å²) in [5.41, 5.74) is 1.15. The van der Waals surface area contributed by atoms with E-state index >= 15 is 0 Å². The van der Waals surface area contributed by atoms with Gasteiger partial charge in [0.25, 0.3) is 11.8 Å². The van der Waals surface area contributed by atoms with Crippen LogP contribution in [0.5, 0.6) is 0 Å². The van der Waals surface area contributed by atoms with Gasteiger partial charge in [-0.1, -0.05) is 36.4 Å². The molecule has 0 aromatic heterocycles. The van der Waals surface area contributed by atoms with Crippen molar-refractivity contribution in [3.8, 4) is 0 Å². The minimum Gasteiger partial charge on any atom is -0.451 e. The van der Waals surface area contributed by atoms with Gasteiger partial charge in [-0.05, 0) is 31.2 Å². The predicted octanol–water partition coefficient (Wildman–Crippen LogP) is 2.01. The van der Waals surface area contributed by atoms with Gasteiger partial charge in [-0.25, -0.2) is 0 Å². The number of rotatable bonds is 6. The Labute approximate surface area is 146 Å². The van der Waals surface area contributed by atoms with Crippen LogP contribution in [0.3, 0.4) is 0 Å². The molecule has 0 unspecified atom stereocenters. The zero-order valence-electron chi connectivity index (χ0n) is 14.1. The van der Waals surface area contributed by atoms with E-state index in [0.717, 1.165) is 0 Å². The van der Waals surface area contributed by atoms with Crippen LogP contribution in [-0.2, 0) is 14.3 Å². The zero-order valence-corrected chi connectivity index (χ0v) is 14.1. The second kappa shape index (κ2) is 8.63. The molecule has 0 saturated heterocycles. The molecule has 0 aliphatic rings. The molecule has 6 heteroatoms. The molecule has 2 amide bonds. The molecule has 25 heavy (non-hydrogen) atoms. The largest absolute Gasteiger partial charge is 0.451 e. The fourth-order valence-electron chi connectivity index (χ4n) is 2.18. The third-order valence-electron chi connectivity index (χ3n) is 3.56. The molecule has 0 fully saturated rings. The zero-order chi connectivity index (χ0) is 18.2. The Hall–Kier alpha value is -3.15. The Morgan fingerprint density at radius 1 is 1.00 bits per heavy atom. The van der Waals surface area contributed by atoms with Crippen LogP contribution in [0.1, 0.15) is 17.3 Å². The van der Waals surface area contributed by atoms with Gasteiger partial charge in [-0.2, -0.15) is 0 Å². The lowest BCUT2D eigenvalue weighted by Crippen LogP contribution is -2.39. The lowest BCUT2D eigenvalue weighted by Gasteiger charge is -2.21. The number of nitrogens with zero attached hydrogens (tertiary/aromatic N) is 1. The van der Waals surface area contributed by atoms with Crippen LogP contribution in [0.25, 0.3) is 0 Å². The summed E-state index contributed by atoms with van der Waals surface area (Å²) in [5, 5.41) is 2.47. The van der Waals surface area contributed by atoms with Crippen LogP contribution in [-0.4, -0.2) is 37.5 Å². The molecule has 0 heterocycles. The lowest BCUT2D eigenvalue weighted by atomic mass is 10.2. The number of amides is 2. The van der Waals surface area contributed by atoms with E-state index in [0.29, 0.717) is 11.3 Å². The molecule has 0 radical (unpaired) electrons. The molecule has 2 aromatic carbocycles. The number of ether oxygens (including phenoxy) is 1. The van der Waals surface area contributed by atoms with Crippen LogP contribution in [0.4, 0.5) is 5.69 Å². The van der Waals surface area contributed by atoms with E-state index in [4.69, 9.17) is 4.74 Å². The minimum atomic E-state index is -0.952. The number of carbonyl (C=O) groups excluding carboxylic acids is 3. The molecule has 0 bridgehead atoms. The number of nitrogens with one attached hydrogen (secondary N) is 1. The van der Waals surface area contributed by atoms with Gasteiger partial charge < -0.3 is 15.0 Å². The average Bonchev–Trinajstić information content (AvgIpc) is 2.66. The van der Waals surface area contributed by atoms with E-state index in [1.54, 1.807) is 49.5 Å². The van der Waals surface area contributed by atoms with Crippen molar-refractivity contribution in [3.05, 3.63) is 66.2 Å². The van der Waals surface area contributed by atoms with Crippen LogP contribution in [0.2, 0.25) is 0 Å². The normalized spacial score (nSPS) is 11.3. The fourth-order valence-corrected chi connectivity index (χ4v) is 2.18. The summed E-state index contributed by atoms with van der Waals surface area (Å²) in [7, 11) is 1.61. The molecular weight excluding hydrogens is 320 g/mol. The molecule has 1 N–H and O–H groups in total. The number of likely N-dealkylation sites (N-methyl/N-ethyl adjacent to an activating group) is 1. The van der Waals surface area contributed by atoms with Gasteiger partial charge in [-0.3, -0.25) is 14.4 Å². The van der Waals surface area contributed by atoms with Crippen molar-refractivity contribution in [2.24, 2.45) is 0 Å². The number of anilines is 1. The van der Waals surface area contributed by atoms with Crippen molar-refractivity contribution >= 4 is 23.5 Å². The third-order valence-corrected chi connectivity index (χ3v) is 3.56. The quantitative estimate of drug-likeness (QED) is 0.816. The lowest BCUT2D eigenvalue weighted by molar-refractivity contribution is -0.152. The van der Waals surface area contributed by atoms with Gasteiger partial charge in [0.2, 0.25) is 0 Å². The molecule has 1 atom stereocenters. The molecule has 0 spiro atoms. The topological polar surface area (TPSA) is 75.7 Å². The summed E-state index contributed by atoms with van der Waals surface area (Å²) in [6.07, 6.45) is -0.952. The summed E-state index contributed by atoms with van der Waals surface area (Å²) >= 11 is 0. The van der Waals surface area contributed by atoms with Gasteiger partial charge in [-0.15, -0.1) is 0 Å². The van der Waals surface area contributed by atoms with Crippen molar-refractivity contribution in [3.63, 3.8) is 0 Å². The first-order chi connectivity index (χ1) is 12.0. The fraction of sp³-hybridized carbons (Fsp3) is 0.211. The minimum absolute atomic E-state index is 0.305. The van der Waals surface area contributed by atoms with E-state index < -0.39 is 12.1 Å². The SMILES string of the molecule is C[C@H](OC(=O)CNC(=O)c1ccccc1)C(=O)N(C)c1ccccc1. The summed E-state index contributed by atoms with van der Waals surface area (Å²) < 4.78 is 5.10. The summed E-state index contributed by atoms with van der Waals surface area (Å²) in [4.78, 5) is 37.4. The first-order valence-electron chi connectivity index (χ1n) is 7.84. The van der Waals surface area contributed by atoms with Crippen LogP contribution < -0.4 is 10.2 Å². The Bertz CT molecular complexity index is 732. The summed E-state index contributed by atoms with van der Waals surface area (Å²) in [6.45, 7) is 1.19. The standard InChI is InChI=1S/C19H20N2O4/c1-14(19(24)21(2)16-11-7-4-8-12-16)25-17(22)13-20-18(23)15-9-5-3-6-10-15/h3-12,14H,13H2,1-2H3,(H,20,23)/t14-/m0/s1. The highest BCUT2D eigenvalue weighted by Crippen LogP contribution is 2.13. The number of hydrogen-bond donors (Lipinski definition) is 1. The van der Waals surface area contributed by atoms with Crippen LogP contribution >= 0.6 is 0 Å². The van der Waals surface area contributed by atoms with Gasteiger partial charge in [0, 0.05) is 18.3 Å². The van der Waals surface area contributed by atoms with E-state index in [9.17, 15) is 14.4 Å². The van der Waals surface area contributed by atoms with Crippen molar-refractivity contribution in [2.75, 3.05) is 18.5 Å². The molecule has 0 saturated carbocycles. The number of hydrogen-bond acceptors (Lipinski definition) is 4. The van der Waals surface area contributed by atoms with Crippen LogP contribution in [0.15, 0.2) is 60.7 Å². The highest BCUT2D eigenvalue weighted by Gasteiger charge is 2.22. The van der Waals surface area contributed by atoms with E-state index in [1.807, 2.05) is 18.2 Å². The molecule has 6 nitrogen and oxygen atoms in total. The van der Waals surface area contributed by atoms with Gasteiger partial charge in [0.1, 0.15) is 6.54 Å². The number of esters is 1. The first-order valence-corrected chi connectivity index (χ1v) is 7.84. The Balaban J connectivity index is 1.83. The van der Waals surface area contributed by atoms with Gasteiger partial charge in [0.15, 0.2) is 6.10 Å². The second-order valence-corrected chi connectivity index (χ2v) is 5.41. The van der Waals surface area contributed by atoms with Crippen molar-refractivity contribution < 1.29 is 19.1 Å². The number of para-hydroxylation sites is 1. The predicted molar refractivity (Wildman–Crippen MR) is 94.2 cm³/mol. The molecule has 0 aliphatic carbocycles. The van der Waals surface area contributed by atoms with E-state index in [2.05, 4.69) is 5.32 Å². The molecule has 2 aromatic rings. The maximum absolute atomic E-state index is 12.3. The van der Waals surface area contributed by atoms with E-state index in [-0.39, 0.29) is 18.4 Å². The Kier molecular flexibility index (Phi) is 6.28. The molecule has 2 rings (SSSR count). The summed E-state index contributed by atoms with van der Waals surface area (Å²) in [6, 6.07) is 17.6. The Morgan fingerprint density at radius 2 is 1.56 bits per heavy atom. The molecule has 0 aliphatic heterocycles. The van der Waals surface area contributed by atoms with Crippen molar-refractivity contribution in [1.29, 1.82) is 0 Å². The summed E-state index contributed by atoms with van der Waals surface area (Å²) in [5.74, 6) is -1.40. The maximum Gasteiger partial charge on any atom is 0.326 e. The van der Waals surface area contributed by atoms with Crippen LogP contribution in [0, 0.1) is 0 Å². The average molecular weight is 340 g/mol. The second-order valence-electron chi connectivity index (χ2n) is 5.41. The number of benzene rings is 2. The van der Waals surface area contributed by atoms with Crippen molar-refractivity contribution in [1.82, 2.24) is 5.32 Å². The van der Waals surface area contributed by atoms with E-state index in [1.165, 1.54) is 11.8 Å².